The van der Waals surface area contributed by atoms with E-state index in [0.717, 1.165) is 0 Å². The van der Waals surface area contributed by atoms with E-state index >= 15 is 0 Å². The van der Waals surface area contributed by atoms with Crippen LogP contribution in [0.15, 0.2) is 41.0 Å². The van der Waals surface area contributed by atoms with Crippen LogP contribution in [0.4, 0.5) is 11.4 Å². The number of amides is 1. The van der Waals surface area contributed by atoms with E-state index in [1.54, 1.807) is 24.3 Å². The summed E-state index contributed by atoms with van der Waals surface area (Å²) in [6.07, 6.45) is 1.38. The Morgan fingerprint density at radius 3 is 2.86 bits per heavy atom. The van der Waals surface area contributed by atoms with Gasteiger partial charge in [-0.25, -0.2) is 4.98 Å². The third-order valence-corrected chi connectivity index (χ3v) is 3.35. The van der Waals surface area contributed by atoms with Crippen molar-refractivity contribution in [2.24, 2.45) is 0 Å². The highest BCUT2D eigenvalue weighted by Crippen LogP contribution is 2.24. The first-order valence-corrected chi connectivity index (χ1v) is 6.97. The third-order valence-electron chi connectivity index (χ3n) is 2.62. The average Bonchev–Trinajstić information content (AvgIpc) is 2.43. The average molecular weight is 371 g/mol. The number of aromatic nitrogens is 1. The zero-order valence-electron chi connectivity index (χ0n) is 10.5. The smallest absolute Gasteiger partial charge is 0.273 e. The standard InChI is InChI=1S/C13H9BrClN3O3/c14-9-6-10(13(15)16-7-9)17-12(19)5-8-3-1-2-4-11(8)18(20)21/h1-4,6-7H,5H2,(H,17,19). The highest BCUT2D eigenvalue weighted by Gasteiger charge is 2.16. The van der Waals surface area contributed by atoms with Crippen LogP contribution in [0.25, 0.3) is 0 Å². The molecule has 0 radical (unpaired) electrons. The number of halogens is 2. The van der Waals surface area contributed by atoms with E-state index in [4.69, 9.17) is 11.6 Å². The highest BCUT2D eigenvalue weighted by molar-refractivity contribution is 9.10. The number of nitrogens with one attached hydrogen (secondary N) is 1. The molecule has 1 N–H and O–H groups in total. The topological polar surface area (TPSA) is 85.1 Å². The summed E-state index contributed by atoms with van der Waals surface area (Å²) in [5, 5.41) is 13.6. The van der Waals surface area contributed by atoms with Crippen LogP contribution in [0.3, 0.4) is 0 Å². The molecule has 0 bridgehead atoms. The number of carbonyl (C=O) groups excluding carboxylic acids is 1. The summed E-state index contributed by atoms with van der Waals surface area (Å²) in [6.45, 7) is 0. The van der Waals surface area contributed by atoms with Gasteiger partial charge in [-0.05, 0) is 22.0 Å². The third kappa shape index (κ3) is 3.99. The number of rotatable bonds is 4. The van der Waals surface area contributed by atoms with Gasteiger partial charge in [0.05, 0.1) is 17.0 Å². The van der Waals surface area contributed by atoms with Crippen molar-refractivity contribution in [2.45, 2.75) is 6.42 Å². The molecule has 8 heteroatoms. The Hall–Kier alpha value is -1.99. The predicted molar refractivity (Wildman–Crippen MR) is 82.4 cm³/mol. The van der Waals surface area contributed by atoms with Crippen molar-refractivity contribution in [3.63, 3.8) is 0 Å². The minimum atomic E-state index is -0.518. The quantitative estimate of drug-likeness (QED) is 0.506. The fraction of sp³-hybridized carbons (Fsp3) is 0.0769. The zero-order valence-corrected chi connectivity index (χ0v) is 12.9. The Balaban J connectivity index is 2.16. The van der Waals surface area contributed by atoms with Crippen LogP contribution in [0.1, 0.15) is 5.56 Å². The Labute approximate surface area is 133 Å². The van der Waals surface area contributed by atoms with E-state index in [9.17, 15) is 14.9 Å². The van der Waals surface area contributed by atoms with Crippen LogP contribution < -0.4 is 5.32 Å². The first-order chi connectivity index (χ1) is 9.97. The molecule has 1 aromatic carbocycles. The molecule has 1 heterocycles. The van der Waals surface area contributed by atoms with Gasteiger partial charge in [0.15, 0.2) is 5.15 Å². The van der Waals surface area contributed by atoms with Crippen LogP contribution in [0.5, 0.6) is 0 Å². The highest BCUT2D eigenvalue weighted by atomic mass is 79.9. The van der Waals surface area contributed by atoms with Gasteiger partial charge in [0.2, 0.25) is 5.91 Å². The fourth-order valence-electron chi connectivity index (χ4n) is 1.72. The second-order valence-corrected chi connectivity index (χ2v) is 5.38. The molecule has 0 aliphatic rings. The molecule has 1 aromatic heterocycles. The zero-order chi connectivity index (χ0) is 15.4. The monoisotopic (exact) mass is 369 g/mol. The molecule has 0 aliphatic heterocycles. The summed E-state index contributed by atoms with van der Waals surface area (Å²) in [4.78, 5) is 26.2. The summed E-state index contributed by atoms with van der Waals surface area (Å²) in [6, 6.07) is 7.69. The molecule has 2 aromatic rings. The van der Waals surface area contributed by atoms with Gasteiger partial charge in [0.1, 0.15) is 0 Å². The van der Waals surface area contributed by atoms with Gasteiger partial charge in [0.25, 0.3) is 5.69 Å². The van der Waals surface area contributed by atoms with E-state index in [0.29, 0.717) is 15.7 Å². The summed E-state index contributed by atoms with van der Waals surface area (Å²) < 4.78 is 0.660. The molecular weight excluding hydrogens is 362 g/mol. The van der Waals surface area contributed by atoms with Crippen LogP contribution >= 0.6 is 27.5 Å². The van der Waals surface area contributed by atoms with Crippen molar-refractivity contribution in [1.82, 2.24) is 4.98 Å². The van der Waals surface area contributed by atoms with Crippen molar-refractivity contribution in [3.05, 3.63) is 61.8 Å². The maximum Gasteiger partial charge on any atom is 0.273 e. The molecule has 2 rings (SSSR count). The Morgan fingerprint density at radius 1 is 1.43 bits per heavy atom. The van der Waals surface area contributed by atoms with E-state index in [1.807, 2.05) is 0 Å². The Bertz CT molecular complexity index is 709. The van der Waals surface area contributed by atoms with Gasteiger partial charge < -0.3 is 5.32 Å². The van der Waals surface area contributed by atoms with Crippen molar-refractivity contribution in [1.29, 1.82) is 0 Å². The molecule has 0 atom stereocenters. The number of anilines is 1. The molecule has 0 fully saturated rings. The van der Waals surface area contributed by atoms with E-state index in [2.05, 4.69) is 26.2 Å². The molecule has 0 saturated heterocycles. The van der Waals surface area contributed by atoms with Crippen molar-refractivity contribution in [3.8, 4) is 0 Å². The molecule has 0 saturated carbocycles. The molecule has 1 amide bonds. The fourth-order valence-corrected chi connectivity index (χ4v) is 2.20. The summed E-state index contributed by atoms with van der Waals surface area (Å²) in [5.41, 5.74) is 0.583. The first kappa shape index (κ1) is 15.4. The Morgan fingerprint density at radius 2 is 2.14 bits per heavy atom. The summed E-state index contributed by atoms with van der Waals surface area (Å²) in [7, 11) is 0. The summed E-state index contributed by atoms with van der Waals surface area (Å²) >= 11 is 9.09. The maximum atomic E-state index is 12.0. The van der Waals surface area contributed by atoms with Crippen molar-refractivity contribution in [2.75, 3.05) is 5.32 Å². The molecule has 6 nitrogen and oxygen atoms in total. The lowest BCUT2D eigenvalue weighted by Crippen LogP contribution is -2.15. The second-order valence-electron chi connectivity index (χ2n) is 4.10. The number of pyridine rings is 1. The van der Waals surface area contributed by atoms with E-state index in [1.165, 1.54) is 12.3 Å². The van der Waals surface area contributed by atoms with Crippen LogP contribution in [-0.2, 0) is 11.2 Å². The van der Waals surface area contributed by atoms with Crippen LogP contribution in [-0.4, -0.2) is 15.8 Å². The van der Waals surface area contributed by atoms with Crippen molar-refractivity contribution >= 4 is 44.8 Å². The lowest BCUT2D eigenvalue weighted by Gasteiger charge is -2.07. The lowest BCUT2D eigenvalue weighted by atomic mass is 10.1. The molecule has 0 aliphatic carbocycles. The predicted octanol–water partition coefficient (Wildman–Crippen LogP) is 3.59. The number of para-hydroxylation sites is 1. The van der Waals surface area contributed by atoms with Crippen molar-refractivity contribution < 1.29 is 9.72 Å². The largest absolute Gasteiger partial charge is 0.323 e. The number of hydrogen-bond donors (Lipinski definition) is 1. The first-order valence-electron chi connectivity index (χ1n) is 5.80. The van der Waals surface area contributed by atoms with E-state index in [-0.39, 0.29) is 17.3 Å². The second kappa shape index (κ2) is 6.64. The number of benzene rings is 1. The van der Waals surface area contributed by atoms with Crippen LogP contribution in [0, 0.1) is 10.1 Å². The molecule has 108 valence electrons. The van der Waals surface area contributed by atoms with Gasteiger partial charge >= 0.3 is 0 Å². The number of nitro groups is 1. The minimum absolute atomic E-state index is 0.0916. The molecule has 0 spiro atoms. The van der Waals surface area contributed by atoms with Gasteiger partial charge in [-0.3, -0.25) is 14.9 Å². The number of nitro benzene ring substituents is 1. The number of carbonyl (C=O) groups is 1. The summed E-state index contributed by atoms with van der Waals surface area (Å²) in [5.74, 6) is -0.411. The number of hydrogen-bond acceptors (Lipinski definition) is 4. The molecule has 0 unspecified atom stereocenters. The normalized spacial score (nSPS) is 10.2. The van der Waals surface area contributed by atoms with Crippen LogP contribution in [0.2, 0.25) is 5.15 Å². The van der Waals surface area contributed by atoms with Gasteiger partial charge in [-0.1, -0.05) is 29.8 Å². The maximum absolute atomic E-state index is 12.0. The van der Waals surface area contributed by atoms with Gasteiger partial charge in [-0.15, -0.1) is 0 Å². The van der Waals surface area contributed by atoms with E-state index < -0.39 is 10.8 Å². The van der Waals surface area contributed by atoms with Gasteiger partial charge in [0, 0.05) is 22.3 Å². The SMILES string of the molecule is O=C(Cc1ccccc1[N+](=O)[O-])Nc1cc(Br)cnc1Cl. The molecule has 21 heavy (non-hydrogen) atoms. The Kier molecular flexibility index (Phi) is 4.87. The lowest BCUT2D eigenvalue weighted by molar-refractivity contribution is -0.385. The molecular formula is C13H9BrClN3O3. The minimum Gasteiger partial charge on any atom is -0.323 e. The van der Waals surface area contributed by atoms with Gasteiger partial charge in [-0.2, -0.15) is 0 Å². The number of nitrogens with zero attached hydrogens (tertiary/aromatic N) is 2.